The van der Waals surface area contributed by atoms with Gasteiger partial charge in [-0.15, -0.1) is 11.6 Å². The van der Waals surface area contributed by atoms with E-state index in [0.29, 0.717) is 0 Å². The Morgan fingerprint density at radius 1 is 1.57 bits per heavy atom. The predicted molar refractivity (Wildman–Crippen MR) is 45.3 cm³/mol. The van der Waals surface area contributed by atoms with Crippen molar-refractivity contribution >= 4 is 11.6 Å². The van der Waals surface area contributed by atoms with Crippen molar-refractivity contribution in [1.82, 2.24) is 4.98 Å². The highest BCUT2D eigenvalue weighted by Gasteiger charge is 2.18. The fourth-order valence-corrected chi connectivity index (χ4v) is 1.18. The molecule has 0 aliphatic heterocycles. The molecule has 0 saturated carbocycles. The second kappa shape index (κ2) is 4.50. The molecule has 0 aliphatic rings. The lowest BCUT2D eigenvalue weighted by Crippen LogP contribution is -2.01. The maximum atomic E-state index is 12.9. The van der Waals surface area contributed by atoms with Crippen LogP contribution >= 0.6 is 11.6 Å². The molecule has 78 valence electrons. The third kappa shape index (κ3) is 2.09. The van der Waals surface area contributed by atoms with E-state index in [1.165, 1.54) is 7.11 Å². The summed E-state index contributed by atoms with van der Waals surface area (Å²) in [4.78, 5) is 3.28. The Hall–Kier alpha value is -0.970. The van der Waals surface area contributed by atoms with Gasteiger partial charge in [-0.3, -0.25) is 0 Å². The van der Waals surface area contributed by atoms with Gasteiger partial charge in [-0.25, -0.2) is 13.8 Å². The third-order valence-electron chi connectivity index (χ3n) is 1.64. The van der Waals surface area contributed by atoms with Crippen molar-refractivity contribution in [2.24, 2.45) is 0 Å². The van der Waals surface area contributed by atoms with Crippen LogP contribution in [0.15, 0.2) is 6.07 Å². The van der Waals surface area contributed by atoms with E-state index in [0.717, 1.165) is 6.07 Å². The first-order valence-corrected chi connectivity index (χ1v) is 4.21. The number of aromatic nitrogens is 1. The highest BCUT2D eigenvalue weighted by Crippen LogP contribution is 2.28. The molecular weight excluding hydrogens is 219 g/mol. The molecule has 14 heavy (non-hydrogen) atoms. The first kappa shape index (κ1) is 11.1. The number of nitrogens with zero attached hydrogens (tertiary/aromatic N) is 1. The summed E-state index contributed by atoms with van der Waals surface area (Å²) in [5.74, 6) is -1.51. The second-order valence-corrected chi connectivity index (χ2v) is 2.72. The Bertz CT molecular complexity index is 333. The van der Waals surface area contributed by atoms with Crippen molar-refractivity contribution in [3.63, 3.8) is 0 Å². The van der Waals surface area contributed by atoms with E-state index in [-0.39, 0.29) is 17.3 Å². The maximum Gasteiger partial charge on any atom is 0.265 e. The molecule has 0 atom stereocenters. The molecule has 0 unspecified atom stereocenters. The molecule has 1 aromatic heterocycles. The standard InChI is InChI=1S/C8H7ClF3NO/c1-14-6-2-4(7(10)11)5(3-9)13-8(6)12/h2,7H,3H2,1H3. The average Bonchev–Trinajstić information content (AvgIpc) is 2.16. The first-order chi connectivity index (χ1) is 6.60. The molecule has 0 aromatic carbocycles. The molecule has 6 heteroatoms. The van der Waals surface area contributed by atoms with Crippen LogP contribution < -0.4 is 4.74 Å². The molecule has 1 aromatic rings. The minimum Gasteiger partial charge on any atom is -0.492 e. The fourth-order valence-electron chi connectivity index (χ4n) is 0.961. The highest BCUT2D eigenvalue weighted by atomic mass is 35.5. The van der Waals surface area contributed by atoms with Gasteiger partial charge in [-0.05, 0) is 6.07 Å². The summed E-state index contributed by atoms with van der Waals surface area (Å²) in [6.07, 6.45) is -2.74. The molecule has 0 radical (unpaired) electrons. The van der Waals surface area contributed by atoms with E-state index in [4.69, 9.17) is 11.6 Å². The minimum absolute atomic E-state index is 0.167. The van der Waals surface area contributed by atoms with Crippen LogP contribution in [0.5, 0.6) is 5.75 Å². The van der Waals surface area contributed by atoms with E-state index in [2.05, 4.69) is 9.72 Å². The maximum absolute atomic E-state index is 12.9. The number of methoxy groups -OCH3 is 1. The topological polar surface area (TPSA) is 22.1 Å². The van der Waals surface area contributed by atoms with Crippen molar-refractivity contribution in [1.29, 1.82) is 0 Å². The van der Waals surface area contributed by atoms with Gasteiger partial charge in [0.05, 0.1) is 18.7 Å². The smallest absolute Gasteiger partial charge is 0.265 e. The fraction of sp³-hybridized carbons (Fsp3) is 0.375. The molecule has 0 amide bonds. The molecule has 2 nitrogen and oxygen atoms in total. The first-order valence-electron chi connectivity index (χ1n) is 3.67. The predicted octanol–water partition coefficient (Wildman–Crippen LogP) is 2.91. The second-order valence-electron chi connectivity index (χ2n) is 2.45. The largest absolute Gasteiger partial charge is 0.492 e. The number of pyridine rings is 1. The van der Waals surface area contributed by atoms with E-state index < -0.39 is 17.9 Å². The van der Waals surface area contributed by atoms with Gasteiger partial charge in [-0.1, -0.05) is 0 Å². The molecule has 1 heterocycles. The Labute approximate surface area is 83.7 Å². The molecule has 1 rings (SSSR count). The lowest BCUT2D eigenvalue weighted by atomic mass is 10.2. The summed E-state index contributed by atoms with van der Waals surface area (Å²) in [7, 11) is 1.18. The molecule has 0 aliphatic carbocycles. The molecule has 0 saturated heterocycles. The summed E-state index contributed by atoms with van der Waals surface area (Å²) in [5, 5.41) is 0. The Kier molecular flexibility index (Phi) is 3.57. The van der Waals surface area contributed by atoms with Crippen LogP contribution in [-0.4, -0.2) is 12.1 Å². The van der Waals surface area contributed by atoms with Crippen molar-refractivity contribution in [3.8, 4) is 5.75 Å². The van der Waals surface area contributed by atoms with Gasteiger partial charge in [0.1, 0.15) is 0 Å². The van der Waals surface area contributed by atoms with Gasteiger partial charge in [0, 0.05) is 5.56 Å². The summed E-state index contributed by atoms with van der Waals surface area (Å²) in [6.45, 7) is 0. The lowest BCUT2D eigenvalue weighted by molar-refractivity contribution is 0.149. The van der Waals surface area contributed by atoms with E-state index in [1.54, 1.807) is 0 Å². The Morgan fingerprint density at radius 2 is 2.21 bits per heavy atom. The molecular formula is C8H7ClF3NO. The number of hydrogen-bond acceptors (Lipinski definition) is 2. The van der Waals surface area contributed by atoms with Crippen molar-refractivity contribution in [2.45, 2.75) is 12.3 Å². The number of halogens is 4. The molecule has 0 N–H and O–H groups in total. The van der Waals surface area contributed by atoms with Gasteiger partial charge < -0.3 is 4.74 Å². The quantitative estimate of drug-likeness (QED) is 0.583. The zero-order valence-electron chi connectivity index (χ0n) is 7.23. The van der Waals surface area contributed by atoms with Gasteiger partial charge in [0.2, 0.25) is 0 Å². The van der Waals surface area contributed by atoms with Crippen molar-refractivity contribution in [2.75, 3.05) is 7.11 Å². The van der Waals surface area contributed by atoms with Crippen LogP contribution in [0.25, 0.3) is 0 Å². The summed E-state index contributed by atoms with van der Waals surface area (Å²) in [5.41, 5.74) is -0.571. The zero-order valence-corrected chi connectivity index (χ0v) is 7.99. The van der Waals surface area contributed by atoms with E-state index in [9.17, 15) is 13.2 Å². The van der Waals surface area contributed by atoms with Gasteiger partial charge in [0.25, 0.3) is 12.4 Å². The lowest BCUT2D eigenvalue weighted by Gasteiger charge is -2.08. The van der Waals surface area contributed by atoms with Crippen LogP contribution in [0.3, 0.4) is 0 Å². The van der Waals surface area contributed by atoms with Crippen molar-refractivity contribution < 1.29 is 17.9 Å². The van der Waals surface area contributed by atoms with Gasteiger partial charge >= 0.3 is 0 Å². The molecule has 0 spiro atoms. The number of rotatable bonds is 3. The monoisotopic (exact) mass is 225 g/mol. The minimum atomic E-state index is -2.74. The average molecular weight is 226 g/mol. The number of hydrogen-bond donors (Lipinski definition) is 0. The van der Waals surface area contributed by atoms with Gasteiger partial charge in [0.15, 0.2) is 5.75 Å². The van der Waals surface area contributed by atoms with Crippen LogP contribution in [-0.2, 0) is 5.88 Å². The number of ether oxygens (including phenoxy) is 1. The van der Waals surface area contributed by atoms with Crippen LogP contribution in [0.1, 0.15) is 17.7 Å². The highest BCUT2D eigenvalue weighted by molar-refractivity contribution is 6.17. The molecule has 0 fully saturated rings. The van der Waals surface area contributed by atoms with Gasteiger partial charge in [-0.2, -0.15) is 4.39 Å². The van der Waals surface area contributed by atoms with E-state index >= 15 is 0 Å². The SMILES string of the molecule is COc1cc(C(F)F)c(CCl)nc1F. The Morgan fingerprint density at radius 3 is 2.64 bits per heavy atom. The Balaban J connectivity index is 3.25. The van der Waals surface area contributed by atoms with Crippen LogP contribution in [0.2, 0.25) is 0 Å². The zero-order chi connectivity index (χ0) is 10.7. The molecule has 0 bridgehead atoms. The number of alkyl halides is 3. The van der Waals surface area contributed by atoms with Crippen molar-refractivity contribution in [3.05, 3.63) is 23.3 Å². The summed E-state index contributed by atoms with van der Waals surface area (Å²) < 4.78 is 42.2. The summed E-state index contributed by atoms with van der Waals surface area (Å²) >= 11 is 5.34. The normalized spacial score (nSPS) is 10.7. The van der Waals surface area contributed by atoms with Crippen LogP contribution in [0, 0.1) is 5.95 Å². The van der Waals surface area contributed by atoms with E-state index in [1.807, 2.05) is 0 Å². The van der Waals surface area contributed by atoms with Crippen LogP contribution in [0.4, 0.5) is 13.2 Å². The third-order valence-corrected chi connectivity index (χ3v) is 1.89. The summed E-state index contributed by atoms with van der Waals surface area (Å²) in [6, 6.07) is 0.907.